The summed E-state index contributed by atoms with van der Waals surface area (Å²) < 4.78 is 5.17. The summed E-state index contributed by atoms with van der Waals surface area (Å²) in [6, 6.07) is 7.79. The van der Waals surface area contributed by atoms with Crippen molar-refractivity contribution in [1.29, 1.82) is 0 Å². The van der Waals surface area contributed by atoms with Crippen LogP contribution in [-0.2, 0) is 6.42 Å². The number of nitrogens with one attached hydrogen (secondary N) is 2. The third-order valence-corrected chi connectivity index (χ3v) is 3.08. The van der Waals surface area contributed by atoms with Crippen LogP contribution in [0.15, 0.2) is 36.7 Å². The molecule has 0 aliphatic rings. The second-order valence-electron chi connectivity index (χ2n) is 4.68. The summed E-state index contributed by atoms with van der Waals surface area (Å²) in [7, 11) is 1.64. The van der Waals surface area contributed by atoms with Gasteiger partial charge in [0.2, 0.25) is 5.95 Å². The number of anilines is 1. The number of carbonyl (C=O) groups is 1. The maximum absolute atomic E-state index is 12.0. The molecule has 2 N–H and O–H groups in total. The van der Waals surface area contributed by atoms with E-state index < -0.39 is 0 Å². The molecule has 1 heterocycles. The normalized spacial score (nSPS) is 10.1. The van der Waals surface area contributed by atoms with Crippen molar-refractivity contribution in [3.05, 3.63) is 47.8 Å². The van der Waals surface area contributed by atoms with Gasteiger partial charge in [0.15, 0.2) is 0 Å². The van der Waals surface area contributed by atoms with Crippen LogP contribution in [0.3, 0.4) is 0 Å². The minimum atomic E-state index is -0.175. The fraction of sp³-hybridized carbons (Fsp3) is 0.312. The Morgan fingerprint density at radius 3 is 2.73 bits per heavy atom. The molecule has 0 saturated carbocycles. The van der Waals surface area contributed by atoms with Gasteiger partial charge in [0, 0.05) is 25.5 Å². The summed E-state index contributed by atoms with van der Waals surface area (Å²) in [5.41, 5.74) is 1.56. The number of hydrogen-bond acceptors (Lipinski definition) is 5. The molecule has 1 aromatic carbocycles. The molecule has 0 fully saturated rings. The first-order valence-corrected chi connectivity index (χ1v) is 7.20. The Labute approximate surface area is 129 Å². The molecule has 0 radical (unpaired) electrons. The summed E-state index contributed by atoms with van der Waals surface area (Å²) >= 11 is 0. The second kappa shape index (κ2) is 7.97. The number of amides is 1. The molecule has 0 unspecified atom stereocenters. The van der Waals surface area contributed by atoms with Gasteiger partial charge in [-0.15, -0.1) is 0 Å². The molecule has 0 atom stereocenters. The number of benzene rings is 1. The lowest BCUT2D eigenvalue weighted by Crippen LogP contribution is -2.26. The zero-order chi connectivity index (χ0) is 15.8. The number of carbonyl (C=O) groups excluding carboxylic acids is 1. The van der Waals surface area contributed by atoms with Gasteiger partial charge in [-0.05, 0) is 31.0 Å². The number of nitrogens with zero attached hydrogens (tertiary/aromatic N) is 2. The van der Waals surface area contributed by atoms with E-state index in [4.69, 9.17) is 4.74 Å². The van der Waals surface area contributed by atoms with Crippen molar-refractivity contribution in [2.24, 2.45) is 0 Å². The summed E-state index contributed by atoms with van der Waals surface area (Å²) in [6.45, 7) is 3.25. The minimum absolute atomic E-state index is 0.175. The molecule has 0 aliphatic heterocycles. The number of hydrogen-bond donors (Lipinski definition) is 2. The van der Waals surface area contributed by atoms with Crippen LogP contribution in [0.25, 0.3) is 0 Å². The number of ether oxygens (including phenoxy) is 1. The van der Waals surface area contributed by atoms with Gasteiger partial charge < -0.3 is 15.4 Å². The first-order chi connectivity index (χ1) is 10.7. The molecule has 0 saturated heterocycles. The zero-order valence-electron chi connectivity index (χ0n) is 12.8. The molecule has 0 bridgehead atoms. The topological polar surface area (TPSA) is 76.1 Å². The highest BCUT2D eigenvalue weighted by atomic mass is 16.5. The standard InChI is InChI=1S/C16H20N4O2/c1-3-17-16-19-10-13(11-20-16)15(21)18-8-7-12-5-4-6-14(9-12)22-2/h4-6,9-11H,3,7-8H2,1-2H3,(H,18,21)(H,17,19,20). The first-order valence-electron chi connectivity index (χ1n) is 7.20. The first kappa shape index (κ1) is 15.8. The monoisotopic (exact) mass is 300 g/mol. The maximum Gasteiger partial charge on any atom is 0.254 e. The van der Waals surface area contributed by atoms with E-state index in [-0.39, 0.29) is 5.91 Å². The number of aromatic nitrogens is 2. The molecule has 0 spiro atoms. The van der Waals surface area contributed by atoms with Crippen molar-refractivity contribution < 1.29 is 9.53 Å². The Hall–Kier alpha value is -2.63. The maximum atomic E-state index is 12.0. The Balaban J connectivity index is 1.84. The van der Waals surface area contributed by atoms with Crippen molar-refractivity contribution >= 4 is 11.9 Å². The van der Waals surface area contributed by atoms with Gasteiger partial charge in [-0.1, -0.05) is 12.1 Å². The van der Waals surface area contributed by atoms with Crippen LogP contribution in [0, 0.1) is 0 Å². The van der Waals surface area contributed by atoms with Gasteiger partial charge in [-0.25, -0.2) is 9.97 Å². The zero-order valence-corrected chi connectivity index (χ0v) is 12.8. The second-order valence-corrected chi connectivity index (χ2v) is 4.68. The van der Waals surface area contributed by atoms with E-state index >= 15 is 0 Å². The predicted octanol–water partition coefficient (Wildman–Crippen LogP) is 1.89. The van der Waals surface area contributed by atoms with E-state index in [1.165, 1.54) is 12.4 Å². The fourth-order valence-corrected chi connectivity index (χ4v) is 1.95. The van der Waals surface area contributed by atoms with E-state index in [2.05, 4.69) is 20.6 Å². The lowest BCUT2D eigenvalue weighted by molar-refractivity contribution is 0.0953. The molecule has 2 aromatic rings. The highest BCUT2D eigenvalue weighted by Gasteiger charge is 2.06. The molecule has 0 aliphatic carbocycles. The minimum Gasteiger partial charge on any atom is -0.497 e. The van der Waals surface area contributed by atoms with Crippen LogP contribution in [-0.4, -0.2) is 36.1 Å². The summed E-state index contributed by atoms with van der Waals surface area (Å²) in [5.74, 6) is 1.16. The predicted molar refractivity (Wildman–Crippen MR) is 85.2 cm³/mol. The molecule has 22 heavy (non-hydrogen) atoms. The van der Waals surface area contributed by atoms with Crippen molar-refractivity contribution in [2.45, 2.75) is 13.3 Å². The van der Waals surface area contributed by atoms with Crippen LogP contribution in [0.1, 0.15) is 22.8 Å². The molecular formula is C16H20N4O2. The van der Waals surface area contributed by atoms with Crippen LogP contribution in [0.5, 0.6) is 5.75 Å². The molecule has 2 rings (SSSR count). The third-order valence-electron chi connectivity index (χ3n) is 3.08. The molecule has 6 heteroatoms. The Bertz CT molecular complexity index is 614. The largest absolute Gasteiger partial charge is 0.497 e. The summed E-state index contributed by atoms with van der Waals surface area (Å²) in [5, 5.41) is 5.84. The Morgan fingerprint density at radius 1 is 1.27 bits per heavy atom. The van der Waals surface area contributed by atoms with E-state index in [1.807, 2.05) is 31.2 Å². The Morgan fingerprint density at radius 2 is 2.05 bits per heavy atom. The van der Waals surface area contributed by atoms with Crippen molar-refractivity contribution in [3.63, 3.8) is 0 Å². The highest BCUT2D eigenvalue weighted by molar-refractivity contribution is 5.93. The molecular weight excluding hydrogens is 280 g/mol. The quantitative estimate of drug-likeness (QED) is 0.816. The van der Waals surface area contributed by atoms with E-state index in [0.717, 1.165) is 24.3 Å². The van der Waals surface area contributed by atoms with Gasteiger partial charge in [0.05, 0.1) is 12.7 Å². The summed E-state index contributed by atoms with van der Waals surface area (Å²) in [4.78, 5) is 20.1. The summed E-state index contributed by atoms with van der Waals surface area (Å²) in [6.07, 6.45) is 3.77. The van der Waals surface area contributed by atoms with Gasteiger partial charge in [0.25, 0.3) is 5.91 Å². The molecule has 6 nitrogen and oxygen atoms in total. The highest BCUT2D eigenvalue weighted by Crippen LogP contribution is 2.12. The van der Waals surface area contributed by atoms with Crippen LogP contribution in [0.2, 0.25) is 0 Å². The average molecular weight is 300 g/mol. The van der Waals surface area contributed by atoms with Crippen molar-refractivity contribution in [1.82, 2.24) is 15.3 Å². The van der Waals surface area contributed by atoms with Crippen molar-refractivity contribution in [3.8, 4) is 5.75 Å². The average Bonchev–Trinajstić information content (AvgIpc) is 2.56. The lowest BCUT2D eigenvalue weighted by Gasteiger charge is -2.07. The van der Waals surface area contributed by atoms with E-state index in [1.54, 1.807) is 7.11 Å². The van der Waals surface area contributed by atoms with Crippen LogP contribution in [0.4, 0.5) is 5.95 Å². The molecule has 116 valence electrons. The van der Waals surface area contributed by atoms with Gasteiger partial charge >= 0.3 is 0 Å². The SMILES string of the molecule is CCNc1ncc(C(=O)NCCc2cccc(OC)c2)cn1. The van der Waals surface area contributed by atoms with E-state index in [0.29, 0.717) is 18.1 Å². The van der Waals surface area contributed by atoms with Gasteiger partial charge in [-0.3, -0.25) is 4.79 Å². The molecule has 1 aromatic heterocycles. The smallest absolute Gasteiger partial charge is 0.254 e. The lowest BCUT2D eigenvalue weighted by atomic mass is 10.1. The van der Waals surface area contributed by atoms with Gasteiger partial charge in [-0.2, -0.15) is 0 Å². The number of methoxy groups -OCH3 is 1. The third kappa shape index (κ3) is 4.44. The fourth-order valence-electron chi connectivity index (χ4n) is 1.95. The van der Waals surface area contributed by atoms with Crippen LogP contribution >= 0.6 is 0 Å². The van der Waals surface area contributed by atoms with Crippen molar-refractivity contribution in [2.75, 3.05) is 25.5 Å². The Kier molecular flexibility index (Phi) is 5.71. The van der Waals surface area contributed by atoms with Crippen LogP contribution < -0.4 is 15.4 Å². The van der Waals surface area contributed by atoms with Gasteiger partial charge in [0.1, 0.15) is 5.75 Å². The van der Waals surface area contributed by atoms with E-state index in [9.17, 15) is 4.79 Å². The number of rotatable bonds is 7. The molecule has 1 amide bonds.